The fourth-order valence-corrected chi connectivity index (χ4v) is 1.34. The minimum atomic E-state index is 0. The van der Waals surface area contributed by atoms with E-state index in [0.717, 1.165) is 0 Å². The molecule has 0 heterocycles. The highest BCUT2D eigenvalue weighted by molar-refractivity contribution is 5.75. The fraction of sp³-hybridized carbons (Fsp3) is 1.00. The minimum Gasteiger partial charge on any atom is -0.325 e. The molecule has 0 aliphatic rings. The standard InChI is InChI=1S/C8H20N.BH3/c1-5-9(6-2,7-3)8-4;/h5-8H2,1-4H3;1H3/q+1;-1. The lowest BCUT2D eigenvalue weighted by Crippen LogP contribution is -2.47. The van der Waals surface area contributed by atoms with E-state index in [2.05, 4.69) is 27.7 Å². The summed E-state index contributed by atoms with van der Waals surface area (Å²) in [5, 5.41) is 0. The van der Waals surface area contributed by atoms with E-state index in [0.29, 0.717) is 0 Å². The molecule has 0 aliphatic heterocycles. The zero-order valence-corrected chi connectivity index (χ0v) is 7.28. The summed E-state index contributed by atoms with van der Waals surface area (Å²) in [6, 6.07) is 0. The van der Waals surface area contributed by atoms with E-state index in [9.17, 15) is 0 Å². The van der Waals surface area contributed by atoms with E-state index >= 15 is 0 Å². The lowest BCUT2D eigenvalue weighted by atomic mass is 10.3. The molecule has 0 rings (SSSR count). The van der Waals surface area contributed by atoms with Crippen LogP contribution in [0.1, 0.15) is 27.7 Å². The number of quaternary nitrogens is 1. The second kappa shape index (κ2) is 5.78. The van der Waals surface area contributed by atoms with Crippen molar-refractivity contribution in [2.45, 2.75) is 27.7 Å². The van der Waals surface area contributed by atoms with Gasteiger partial charge in [0.15, 0.2) is 0 Å². The monoisotopic (exact) mass is 144 g/mol. The van der Waals surface area contributed by atoms with Crippen molar-refractivity contribution in [1.82, 2.24) is 0 Å². The summed E-state index contributed by atoms with van der Waals surface area (Å²) in [7, 11) is 0. The van der Waals surface area contributed by atoms with Gasteiger partial charge in [0, 0.05) is 0 Å². The van der Waals surface area contributed by atoms with Crippen molar-refractivity contribution in [1.29, 1.82) is 0 Å². The van der Waals surface area contributed by atoms with Crippen LogP contribution >= 0.6 is 0 Å². The SMILES string of the molecule is CC[N+](CC)(CC)CC.[BH3-]. The van der Waals surface area contributed by atoms with Gasteiger partial charge in [-0.15, -0.1) is 0 Å². The summed E-state index contributed by atoms with van der Waals surface area (Å²) in [6.45, 7) is 14.2. The van der Waals surface area contributed by atoms with Crippen LogP contribution < -0.4 is 0 Å². The average Bonchev–Trinajstić information content (AvgIpc) is 1.95. The number of hydrogen-bond donors (Lipinski definition) is 0. The van der Waals surface area contributed by atoms with Gasteiger partial charge in [-0.1, -0.05) is 0 Å². The van der Waals surface area contributed by atoms with Gasteiger partial charge in [0.2, 0.25) is 0 Å². The number of nitrogens with zero attached hydrogens (tertiary/aromatic N) is 1. The molecule has 0 aromatic heterocycles. The van der Waals surface area contributed by atoms with E-state index in [1.807, 2.05) is 0 Å². The predicted molar refractivity (Wildman–Crippen MR) is 52.4 cm³/mol. The average molecular weight is 144 g/mol. The molecule has 0 aliphatic carbocycles. The fourth-order valence-electron chi connectivity index (χ4n) is 1.34. The van der Waals surface area contributed by atoms with Gasteiger partial charge in [0.05, 0.1) is 26.2 Å². The third kappa shape index (κ3) is 2.74. The van der Waals surface area contributed by atoms with Crippen molar-refractivity contribution in [3.05, 3.63) is 0 Å². The van der Waals surface area contributed by atoms with E-state index in [-0.39, 0.29) is 8.41 Å². The maximum atomic E-state index is 2.27. The zero-order chi connectivity index (χ0) is 7.33. The molecular formula is C8H23BN. The van der Waals surface area contributed by atoms with Gasteiger partial charge in [0.25, 0.3) is 0 Å². The van der Waals surface area contributed by atoms with Crippen LogP contribution in [0.25, 0.3) is 0 Å². The molecular weight excluding hydrogens is 121 g/mol. The summed E-state index contributed by atoms with van der Waals surface area (Å²) >= 11 is 0. The van der Waals surface area contributed by atoms with Crippen LogP contribution in [-0.2, 0) is 0 Å². The van der Waals surface area contributed by atoms with Gasteiger partial charge in [-0.2, -0.15) is 8.41 Å². The first kappa shape index (κ1) is 12.7. The summed E-state index contributed by atoms with van der Waals surface area (Å²) < 4.78 is 1.28. The predicted octanol–water partition coefficient (Wildman–Crippen LogP) is 0.699. The molecule has 1 radical (unpaired) electrons. The molecule has 0 unspecified atom stereocenters. The molecule has 0 amide bonds. The van der Waals surface area contributed by atoms with Gasteiger partial charge >= 0.3 is 0 Å². The number of rotatable bonds is 4. The summed E-state index contributed by atoms with van der Waals surface area (Å²) in [6.07, 6.45) is 0. The Balaban J connectivity index is 0. The van der Waals surface area contributed by atoms with Crippen LogP contribution in [0.3, 0.4) is 0 Å². The molecule has 0 atom stereocenters. The van der Waals surface area contributed by atoms with Crippen LogP contribution in [-0.4, -0.2) is 39.1 Å². The van der Waals surface area contributed by atoms with Gasteiger partial charge in [0.1, 0.15) is 0 Å². The van der Waals surface area contributed by atoms with Crippen molar-refractivity contribution in [3.63, 3.8) is 0 Å². The summed E-state index contributed by atoms with van der Waals surface area (Å²) in [4.78, 5) is 0. The smallest absolute Gasteiger partial charge is 0.0757 e. The first-order valence-corrected chi connectivity index (χ1v) is 4.09. The topological polar surface area (TPSA) is 0 Å². The third-order valence-electron chi connectivity index (χ3n) is 2.68. The third-order valence-corrected chi connectivity index (χ3v) is 2.68. The van der Waals surface area contributed by atoms with Crippen LogP contribution in [0.2, 0.25) is 0 Å². The molecule has 1 nitrogen and oxygen atoms in total. The molecule has 0 saturated carbocycles. The van der Waals surface area contributed by atoms with Crippen LogP contribution in [0.5, 0.6) is 0 Å². The molecule has 10 heavy (non-hydrogen) atoms. The van der Waals surface area contributed by atoms with E-state index in [4.69, 9.17) is 0 Å². The van der Waals surface area contributed by atoms with Crippen molar-refractivity contribution in [2.75, 3.05) is 26.2 Å². The Morgan fingerprint density at radius 2 is 0.900 bits per heavy atom. The van der Waals surface area contributed by atoms with E-state index in [1.165, 1.54) is 30.7 Å². The molecule has 0 aromatic carbocycles. The molecule has 0 spiro atoms. The van der Waals surface area contributed by atoms with Gasteiger partial charge < -0.3 is 4.48 Å². The van der Waals surface area contributed by atoms with Crippen molar-refractivity contribution < 1.29 is 4.48 Å². The zero-order valence-electron chi connectivity index (χ0n) is 7.28. The van der Waals surface area contributed by atoms with Gasteiger partial charge in [-0.25, -0.2) is 0 Å². The maximum absolute atomic E-state index is 2.27. The summed E-state index contributed by atoms with van der Waals surface area (Å²) in [5.74, 6) is 0. The highest BCUT2D eigenvalue weighted by Gasteiger charge is 2.16. The highest BCUT2D eigenvalue weighted by Crippen LogP contribution is 2.03. The van der Waals surface area contributed by atoms with Crippen LogP contribution in [0, 0.1) is 0 Å². The Bertz CT molecular complexity index is 52.1. The normalized spacial score (nSPS) is 10.8. The van der Waals surface area contributed by atoms with Gasteiger partial charge in [-0.05, 0) is 27.7 Å². The molecule has 2 heteroatoms. The van der Waals surface area contributed by atoms with Crippen LogP contribution in [0.4, 0.5) is 0 Å². The Kier molecular flexibility index (Phi) is 7.33. The lowest BCUT2D eigenvalue weighted by molar-refractivity contribution is -0.921. The number of hydrogen-bond acceptors (Lipinski definition) is 0. The minimum absolute atomic E-state index is 0. The molecule has 0 bridgehead atoms. The first-order valence-electron chi connectivity index (χ1n) is 4.09. The largest absolute Gasteiger partial charge is 0.325 e. The van der Waals surface area contributed by atoms with Crippen molar-refractivity contribution >= 4 is 8.41 Å². The Labute approximate surface area is 67.6 Å². The van der Waals surface area contributed by atoms with Crippen molar-refractivity contribution in [2.24, 2.45) is 0 Å². The second-order valence-corrected chi connectivity index (χ2v) is 2.61. The molecule has 0 aromatic rings. The molecule has 63 valence electrons. The Morgan fingerprint density at radius 1 is 0.700 bits per heavy atom. The second-order valence-electron chi connectivity index (χ2n) is 2.61. The molecule has 0 saturated heterocycles. The van der Waals surface area contributed by atoms with E-state index < -0.39 is 0 Å². The molecule has 0 N–H and O–H groups in total. The quantitative estimate of drug-likeness (QED) is 0.402. The van der Waals surface area contributed by atoms with E-state index in [1.54, 1.807) is 0 Å². The van der Waals surface area contributed by atoms with Crippen molar-refractivity contribution in [3.8, 4) is 0 Å². The highest BCUT2D eigenvalue weighted by atomic mass is 15.3. The Morgan fingerprint density at radius 3 is 0.900 bits per heavy atom. The Hall–Kier alpha value is 0.0249. The molecule has 0 fully saturated rings. The first-order chi connectivity index (χ1) is 4.24. The van der Waals surface area contributed by atoms with Crippen LogP contribution in [0.15, 0.2) is 0 Å². The summed E-state index contributed by atoms with van der Waals surface area (Å²) in [5.41, 5.74) is 0. The lowest BCUT2D eigenvalue weighted by Gasteiger charge is -2.34. The maximum Gasteiger partial charge on any atom is 0.0757 e. The van der Waals surface area contributed by atoms with Gasteiger partial charge in [-0.3, -0.25) is 0 Å².